The molecular formula is C13H23N. The molecule has 0 aromatic heterocycles. The predicted octanol–water partition coefficient (Wildman–Crippen LogP) is 3.31. The lowest BCUT2D eigenvalue weighted by Crippen LogP contribution is -2.19. The molecule has 1 atom stereocenters. The van der Waals surface area contributed by atoms with Crippen LogP contribution in [0.25, 0.3) is 0 Å². The fourth-order valence-electron chi connectivity index (χ4n) is 1.61. The zero-order valence-corrected chi connectivity index (χ0v) is 8.59. The highest BCUT2D eigenvalue weighted by Gasteiger charge is 2.08. The molecule has 0 saturated heterocycles. The average molecular weight is 193 g/mol. The highest BCUT2D eigenvalue weighted by molar-refractivity contribution is 5.29. The van der Waals surface area contributed by atoms with Gasteiger partial charge in [0.05, 0.1) is 0 Å². The smallest absolute Gasteiger partial charge is 0.00170 e. The molecule has 0 radical (unpaired) electrons. The van der Waals surface area contributed by atoms with Crippen LogP contribution in [0.1, 0.15) is 27.2 Å². The molecule has 0 fully saturated rings. The highest BCUT2D eigenvalue weighted by atomic mass is 14.8. The van der Waals surface area contributed by atoms with Gasteiger partial charge in [0.15, 0.2) is 0 Å². The molecule has 14 heavy (non-hydrogen) atoms. The maximum atomic E-state index is 3.24. The molecular weight excluding hydrogens is 170 g/mol. The van der Waals surface area contributed by atoms with Gasteiger partial charge in [-0.15, -0.1) is 0 Å². The molecule has 0 bridgehead atoms. The molecule has 1 N–H and O–H groups in total. The summed E-state index contributed by atoms with van der Waals surface area (Å²) in [6.07, 6.45) is 13.3. The summed E-state index contributed by atoms with van der Waals surface area (Å²) in [7, 11) is 2.01. The molecule has 1 heteroatoms. The van der Waals surface area contributed by atoms with Gasteiger partial charge in [-0.3, -0.25) is 0 Å². The van der Waals surface area contributed by atoms with E-state index in [2.05, 4.69) is 42.6 Å². The molecule has 1 unspecified atom stereocenters. The first-order valence-electron chi connectivity index (χ1n) is 5.06. The van der Waals surface area contributed by atoms with Crippen LogP contribution in [0, 0.1) is 5.92 Å². The quantitative estimate of drug-likeness (QED) is 0.722. The fourth-order valence-corrected chi connectivity index (χ4v) is 1.61. The van der Waals surface area contributed by atoms with Gasteiger partial charge in [-0.2, -0.15) is 0 Å². The third-order valence-electron chi connectivity index (χ3n) is 2.42. The maximum absolute atomic E-state index is 3.24. The van der Waals surface area contributed by atoms with Crippen molar-refractivity contribution >= 4 is 0 Å². The number of hydrogen-bond acceptors (Lipinski definition) is 1. The van der Waals surface area contributed by atoms with E-state index in [9.17, 15) is 0 Å². The second kappa shape index (κ2) is 7.57. The second-order valence-corrected chi connectivity index (χ2v) is 3.40. The Hall–Kier alpha value is -0.820. The topological polar surface area (TPSA) is 12.0 Å². The van der Waals surface area contributed by atoms with Crippen LogP contribution >= 0.6 is 0 Å². The minimum absolute atomic E-state index is 0. The molecule has 0 aliphatic heterocycles. The SMILES string of the molecule is C.CCC(CNC)C1=CC=CCC=C1. The van der Waals surface area contributed by atoms with Gasteiger partial charge >= 0.3 is 0 Å². The Morgan fingerprint density at radius 3 is 2.86 bits per heavy atom. The Kier molecular flexibility index (Phi) is 7.13. The van der Waals surface area contributed by atoms with Crippen LogP contribution in [-0.2, 0) is 0 Å². The molecule has 0 spiro atoms. The molecule has 0 aromatic rings. The van der Waals surface area contributed by atoms with E-state index in [-0.39, 0.29) is 7.43 Å². The second-order valence-electron chi connectivity index (χ2n) is 3.40. The van der Waals surface area contributed by atoms with E-state index in [1.807, 2.05) is 7.05 Å². The summed E-state index contributed by atoms with van der Waals surface area (Å²) in [4.78, 5) is 0. The third kappa shape index (κ3) is 3.93. The molecule has 1 rings (SSSR count). The van der Waals surface area contributed by atoms with Crippen molar-refractivity contribution in [3.63, 3.8) is 0 Å². The van der Waals surface area contributed by atoms with Crippen LogP contribution < -0.4 is 5.32 Å². The van der Waals surface area contributed by atoms with Crippen molar-refractivity contribution in [2.45, 2.75) is 27.2 Å². The van der Waals surface area contributed by atoms with E-state index in [4.69, 9.17) is 0 Å². The summed E-state index contributed by atoms with van der Waals surface area (Å²) in [5.41, 5.74) is 1.45. The van der Waals surface area contributed by atoms with Crippen molar-refractivity contribution < 1.29 is 0 Å². The van der Waals surface area contributed by atoms with Gasteiger partial charge in [-0.25, -0.2) is 0 Å². The Morgan fingerprint density at radius 1 is 1.43 bits per heavy atom. The largest absolute Gasteiger partial charge is 0.319 e. The zero-order valence-electron chi connectivity index (χ0n) is 8.59. The molecule has 0 saturated carbocycles. The number of allylic oxidation sites excluding steroid dienone is 5. The first kappa shape index (κ1) is 13.2. The van der Waals surface area contributed by atoms with E-state index in [1.54, 1.807) is 0 Å². The Labute approximate surface area is 88.6 Å². The third-order valence-corrected chi connectivity index (χ3v) is 2.42. The van der Waals surface area contributed by atoms with E-state index < -0.39 is 0 Å². The Morgan fingerprint density at radius 2 is 2.21 bits per heavy atom. The van der Waals surface area contributed by atoms with Gasteiger partial charge in [0.2, 0.25) is 0 Å². The van der Waals surface area contributed by atoms with Gasteiger partial charge in [0, 0.05) is 6.54 Å². The maximum Gasteiger partial charge on any atom is 0.00170 e. The summed E-state index contributed by atoms with van der Waals surface area (Å²) < 4.78 is 0. The number of hydrogen-bond donors (Lipinski definition) is 1. The van der Waals surface area contributed by atoms with Gasteiger partial charge in [0.25, 0.3) is 0 Å². The molecule has 0 amide bonds. The standard InChI is InChI=1S/C12H19N.CH4/c1-3-11(10-13-2)12-8-6-4-5-7-9-12;/h4,6-9,11,13H,3,5,10H2,1-2H3;1H4. The highest BCUT2D eigenvalue weighted by Crippen LogP contribution is 2.17. The summed E-state index contributed by atoms with van der Waals surface area (Å²) in [6.45, 7) is 3.31. The normalized spacial score (nSPS) is 16.9. The lowest BCUT2D eigenvalue weighted by atomic mass is 9.95. The van der Waals surface area contributed by atoms with E-state index in [1.165, 1.54) is 12.0 Å². The molecule has 1 aliphatic rings. The van der Waals surface area contributed by atoms with Gasteiger partial charge in [0.1, 0.15) is 0 Å². The van der Waals surface area contributed by atoms with Crippen molar-refractivity contribution in [3.05, 3.63) is 36.0 Å². The monoisotopic (exact) mass is 193 g/mol. The summed E-state index contributed by atoms with van der Waals surface area (Å²) in [6, 6.07) is 0. The molecule has 1 aliphatic carbocycles. The summed E-state index contributed by atoms with van der Waals surface area (Å²) >= 11 is 0. The molecule has 1 nitrogen and oxygen atoms in total. The first-order chi connectivity index (χ1) is 6.38. The Balaban J connectivity index is 0.00000169. The van der Waals surface area contributed by atoms with E-state index >= 15 is 0 Å². The van der Waals surface area contributed by atoms with Crippen molar-refractivity contribution in [1.82, 2.24) is 5.32 Å². The Bertz CT molecular complexity index is 223. The molecule has 0 heterocycles. The number of rotatable bonds is 4. The van der Waals surface area contributed by atoms with E-state index in [0.29, 0.717) is 5.92 Å². The average Bonchev–Trinajstić information content (AvgIpc) is 2.42. The lowest BCUT2D eigenvalue weighted by Gasteiger charge is -2.15. The van der Waals surface area contributed by atoms with Crippen molar-refractivity contribution in [2.75, 3.05) is 13.6 Å². The van der Waals surface area contributed by atoms with Crippen molar-refractivity contribution in [3.8, 4) is 0 Å². The van der Waals surface area contributed by atoms with Crippen LogP contribution in [0.15, 0.2) is 36.0 Å². The van der Waals surface area contributed by atoms with Crippen molar-refractivity contribution in [1.29, 1.82) is 0 Å². The van der Waals surface area contributed by atoms with E-state index in [0.717, 1.165) is 13.0 Å². The predicted molar refractivity (Wildman–Crippen MR) is 65.4 cm³/mol. The van der Waals surface area contributed by atoms with Crippen LogP contribution in [-0.4, -0.2) is 13.6 Å². The molecule has 0 aromatic carbocycles. The van der Waals surface area contributed by atoms with Gasteiger partial charge in [-0.1, -0.05) is 44.7 Å². The van der Waals surface area contributed by atoms with Crippen molar-refractivity contribution in [2.24, 2.45) is 5.92 Å². The minimum atomic E-state index is 0. The molecule has 80 valence electrons. The zero-order chi connectivity index (χ0) is 9.52. The van der Waals surface area contributed by atoms with Gasteiger partial charge < -0.3 is 5.32 Å². The number of nitrogens with one attached hydrogen (secondary N) is 1. The summed E-state index contributed by atoms with van der Waals surface area (Å²) in [5, 5.41) is 3.24. The lowest BCUT2D eigenvalue weighted by molar-refractivity contribution is 0.562. The summed E-state index contributed by atoms with van der Waals surface area (Å²) in [5.74, 6) is 0.656. The minimum Gasteiger partial charge on any atom is -0.319 e. The van der Waals surface area contributed by atoms with Crippen LogP contribution in [0.4, 0.5) is 0 Å². The fraction of sp³-hybridized carbons (Fsp3) is 0.538. The van der Waals surface area contributed by atoms with Crippen LogP contribution in [0.3, 0.4) is 0 Å². The van der Waals surface area contributed by atoms with Crippen LogP contribution in [0.2, 0.25) is 0 Å². The first-order valence-corrected chi connectivity index (χ1v) is 5.06. The van der Waals surface area contributed by atoms with Gasteiger partial charge in [-0.05, 0) is 31.4 Å². The van der Waals surface area contributed by atoms with Crippen LogP contribution in [0.5, 0.6) is 0 Å².